The summed E-state index contributed by atoms with van der Waals surface area (Å²) in [6.45, 7) is 1.99. The fraction of sp³-hybridized carbons (Fsp3) is 0.0526. The molecule has 0 spiro atoms. The molecule has 0 saturated carbocycles. The van der Waals surface area contributed by atoms with Crippen molar-refractivity contribution in [3.8, 4) is 11.1 Å². The molecule has 0 unspecified atom stereocenters. The molecule has 7 heteroatoms. The lowest BCUT2D eigenvalue weighted by Crippen LogP contribution is -1.96. The minimum absolute atomic E-state index is 0.0283. The molecule has 4 aromatic rings. The Hall–Kier alpha value is -2.57. The van der Waals surface area contributed by atoms with Crippen LogP contribution in [0, 0.1) is 18.6 Å². The van der Waals surface area contributed by atoms with Crippen molar-refractivity contribution in [1.29, 1.82) is 0 Å². The molecule has 2 aromatic heterocycles. The topological polar surface area (TPSA) is 37.8 Å². The van der Waals surface area contributed by atoms with Crippen LogP contribution in [0.5, 0.6) is 0 Å². The molecular formula is C19H12ClF2N3S. The van der Waals surface area contributed by atoms with E-state index in [2.05, 4.69) is 15.3 Å². The molecule has 0 radical (unpaired) electrons. The Balaban J connectivity index is 1.87. The monoisotopic (exact) mass is 387 g/mol. The van der Waals surface area contributed by atoms with Crippen molar-refractivity contribution in [3.63, 3.8) is 0 Å². The van der Waals surface area contributed by atoms with E-state index in [0.29, 0.717) is 11.5 Å². The SMILES string of the molecule is Cc1sc2ncnc(Nc3ccc(F)c(Cl)c3)c2c1-c1ccc(F)cc1. The van der Waals surface area contributed by atoms with Crippen molar-refractivity contribution in [1.82, 2.24) is 9.97 Å². The third-order valence-electron chi connectivity index (χ3n) is 3.98. The van der Waals surface area contributed by atoms with Gasteiger partial charge in [-0.25, -0.2) is 18.7 Å². The van der Waals surface area contributed by atoms with Gasteiger partial charge in [0, 0.05) is 16.1 Å². The highest BCUT2D eigenvalue weighted by Gasteiger charge is 2.17. The number of hydrogen-bond donors (Lipinski definition) is 1. The highest BCUT2D eigenvalue weighted by molar-refractivity contribution is 7.19. The van der Waals surface area contributed by atoms with E-state index < -0.39 is 5.82 Å². The summed E-state index contributed by atoms with van der Waals surface area (Å²) in [5.41, 5.74) is 2.44. The van der Waals surface area contributed by atoms with Crippen LogP contribution in [0.1, 0.15) is 4.88 Å². The predicted octanol–water partition coefficient (Wildman–Crippen LogP) is 6.34. The molecule has 26 heavy (non-hydrogen) atoms. The molecule has 0 aliphatic carbocycles. The van der Waals surface area contributed by atoms with Crippen LogP contribution in [0.4, 0.5) is 20.3 Å². The van der Waals surface area contributed by atoms with Gasteiger partial charge in [0.05, 0.1) is 10.4 Å². The Morgan fingerprint density at radius 1 is 1.04 bits per heavy atom. The zero-order valence-corrected chi connectivity index (χ0v) is 15.1. The van der Waals surface area contributed by atoms with E-state index in [1.165, 1.54) is 41.9 Å². The molecule has 2 aromatic carbocycles. The molecule has 0 amide bonds. The van der Waals surface area contributed by atoms with Crippen molar-refractivity contribution in [3.05, 3.63) is 70.3 Å². The number of nitrogens with zero attached hydrogens (tertiary/aromatic N) is 2. The number of aromatic nitrogens is 2. The first-order chi connectivity index (χ1) is 12.5. The summed E-state index contributed by atoms with van der Waals surface area (Å²) in [5, 5.41) is 4.04. The normalized spacial score (nSPS) is 11.1. The molecular weight excluding hydrogens is 376 g/mol. The first-order valence-electron chi connectivity index (χ1n) is 7.75. The van der Waals surface area contributed by atoms with E-state index in [0.717, 1.165) is 26.2 Å². The average Bonchev–Trinajstić information content (AvgIpc) is 2.96. The maximum absolute atomic E-state index is 13.4. The van der Waals surface area contributed by atoms with Gasteiger partial charge in [-0.1, -0.05) is 23.7 Å². The first kappa shape index (κ1) is 16.9. The third kappa shape index (κ3) is 3.02. The number of hydrogen-bond acceptors (Lipinski definition) is 4. The van der Waals surface area contributed by atoms with Crippen LogP contribution in [-0.4, -0.2) is 9.97 Å². The number of nitrogens with one attached hydrogen (secondary N) is 1. The number of anilines is 2. The van der Waals surface area contributed by atoms with Crippen LogP contribution in [0.2, 0.25) is 5.02 Å². The molecule has 0 bridgehead atoms. The molecule has 0 aliphatic heterocycles. The van der Waals surface area contributed by atoms with Crippen molar-refractivity contribution in [2.75, 3.05) is 5.32 Å². The number of rotatable bonds is 3. The number of thiophene rings is 1. The summed E-state index contributed by atoms with van der Waals surface area (Å²) < 4.78 is 26.7. The zero-order valence-electron chi connectivity index (χ0n) is 13.6. The van der Waals surface area contributed by atoms with Gasteiger partial charge in [-0.3, -0.25) is 0 Å². The summed E-state index contributed by atoms with van der Waals surface area (Å²) in [6.07, 6.45) is 1.47. The molecule has 130 valence electrons. The summed E-state index contributed by atoms with van der Waals surface area (Å²) >= 11 is 7.40. The Bertz CT molecular complexity index is 1110. The van der Waals surface area contributed by atoms with Gasteiger partial charge in [0.1, 0.15) is 28.6 Å². The van der Waals surface area contributed by atoms with Crippen molar-refractivity contribution in [2.24, 2.45) is 0 Å². The molecule has 0 atom stereocenters. The molecule has 1 N–H and O–H groups in total. The summed E-state index contributed by atoms with van der Waals surface area (Å²) in [4.78, 5) is 10.6. The fourth-order valence-electron chi connectivity index (χ4n) is 2.81. The van der Waals surface area contributed by atoms with Gasteiger partial charge in [0.25, 0.3) is 0 Å². The van der Waals surface area contributed by atoms with E-state index in [-0.39, 0.29) is 10.8 Å². The van der Waals surface area contributed by atoms with Crippen LogP contribution >= 0.6 is 22.9 Å². The van der Waals surface area contributed by atoms with Gasteiger partial charge >= 0.3 is 0 Å². The van der Waals surface area contributed by atoms with E-state index in [9.17, 15) is 8.78 Å². The minimum Gasteiger partial charge on any atom is -0.340 e. The van der Waals surface area contributed by atoms with Gasteiger partial charge in [-0.2, -0.15) is 0 Å². The van der Waals surface area contributed by atoms with Gasteiger partial charge < -0.3 is 5.32 Å². The van der Waals surface area contributed by atoms with Gasteiger partial charge in [0.15, 0.2) is 0 Å². The molecule has 0 aliphatic rings. The molecule has 0 saturated heterocycles. The zero-order chi connectivity index (χ0) is 18.3. The standard InChI is InChI=1S/C19H12ClF2N3S/c1-10-16(11-2-4-12(21)5-3-11)17-18(23-9-24-19(17)26-10)25-13-6-7-15(22)14(20)8-13/h2-9H,1H3,(H,23,24,25). The first-order valence-corrected chi connectivity index (χ1v) is 8.94. The second kappa shape index (κ2) is 6.63. The second-order valence-electron chi connectivity index (χ2n) is 5.70. The molecule has 2 heterocycles. The van der Waals surface area contributed by atoms with Crippen LogP contribution in [-0.2, 0) is 0 Å². The predicted molar refractivity (Wildman–Crippen MR) is 102 cm³/mol. The Kier molecular flexibility index (Phi) is 4.30. The van der Waals surface area contributed by atoms with E-state index in [4.69, 9.17) is 11.6 Å². The summed E-state index contributed by atoms with van der Waals surface area (Å²) in [6, 6.07) is 10.7. The van der Waals surface area contributed by atoms with Crippen LogP contribution < -0.4 is 5.32 Å². The number of benzene rings is 2. The quantitative estimate of drug-likeness (QED) is 0.445. The van der Waals surface area contributed by atoms with Crippen molar-refractivity contribution in [2.45, 2.75) is 6.92 Å². The highest BCUT2D eigenvalue weighted by Crippen LogP contribution is 2.41. The van der Waals surface area contributed by atoms with Crippen molar-refractivity contribution < 1.29 is 8.78 Å². The maximum atomic E-state index is 13.4. The third-order valence-corrected chi connectivity index (χ3v) is 5.28. The van der Waals surface area contributed by atoms with Gasteiger partial charge in [-0.15, -0.1) is 11.3 Å². The van der Waals surface area contributed by atoms with E-state index >= 15 is 0 Å². The Morgan fingerprint density at radius 3 is 2.54 bits per heavy atom. The number of aryl methyl sites for hydroxylation is 1. The lowest BCUT2D eigenvalue weighted by molar-refractivity contribution is 0.628. The van der Waals surface area contributed by atoms with Gasteiger partial charge in [0.2, 0.25) is 0 Å². The number of fused-ring (bicyclic) bond motifs is 1. The summed E-state index contributed by atoms with van der Waals surface area (Å²) in [5.74, 6) is -0.189. The smallest absolute Gasteiger partial charge is 0.143 e. The lowest BCUT2D eigenvalue weighted by atomic mass is 10.0. The summed E-state index contributed by atoms with van der Waals surface area (Å²) in [7, 11) is 0. The van der Waals surface area contributed by atoms with Gasteiger partial charge in [-0.05, 0) is 42.8 Å². The number of halogens is 3. The second-order valence-corrected chi connectivity index (χ2v) is 7.31. The average molecular weight is 388 g/mol. The Morgan fingerprint density at radius 2 is 1.81 bits per heavy atom. The van der Waals surface area contributed by atoms with E-state index in [1.54, 1.807) is 18.2 Å². The van der Waals surface area contributed by atoms with Crippen LogP contribution in [0.25, 0.3) is 21.3 Å². The highest BCUT2D eigenvalue weighted by atomic mass is 35.5. The van der Waals surface area contributed by atoms with Crippen LogP contribution in [0.3, 0.4) is 0 Å². The van der Waals surface area contributed by atoms with Crippen molar-refractivity contribution >= 4 is 44.7 Å². The Labute approximate surface area is 157 Å². The molecule has 0 fully saturated rings. The lowest BCUT2D eigenvalue weighted by Gasteiger charge is -2.09. The molecule has 3 nitrogen and oxygen atoms in total. The fourth-order valence-corrected chi connectivity index (χ4v) is 4.01. The molecule has 4 rings (SSSR count). The largest absolute Gasteiger partial charge is 0.340 e. The van der Waals surface area contributed by atoms with E-state index in [1.807, 2.05) is 6.92 Å². The van der Waals surface area contributed by atoms with Crippen LogP contribution in [0.15, 0.2) is 48.8 Å². The maximum Gasteiger partial charge on any atom is 0.143 e. The minimum atomic E-state index is -0.483.